The molecule has 4 rings (SSSR count). The Kier molecular flexibility index (Phi) is 6.16. The minimum absolute atomic E-state index is 0.0286. The average Bonchev–Trinajstić information content (AvgIpc) is 2.79. The number of amides is 1. The van der Waals surface area contributed by atoms with Crippen LogP contribution in [0.15, 0.2) is 44.9 Å². The Morgan fingerprint density at radius 1 is 1.06 bits per heavy atom. The van der Waals surface area contributed by atoms with Crippen LogP contribution < -0.4 is 11.2 Å². The number of hydrogen-bond donors (Lipinski definition) is 0. The molecule has 0 aliphatic carbocycles. The Hall–Kier alpha value is -2.98. The van der Waals surface area contributed by atoms with Gasteiger partial charge in [-0.2, -0.15) is 0 Å². The molecule has 2 aromatic heterocycles. The second-order valence-corrected chi connectivity index (χ2v) is 8.93. The summed E-state index contributed by atoms with van der Waals surface area (Å²) in [5.41, 5.74) is 0.0526. The molecule has 1 amide bonds. The number of benzene rings is 1. The summed E-state index contributed by atoms with van der Waals surface area (Å²) < 4.78 is 8.08. The predicted octanol–water partition coefficient (Wildman–Crippen LogP) is 1.42. The van der Waals surface area contributed by atoms with E-state index >= 15 is 0 Å². The molecule has 32 heavy (non-hydrogen) atoms. The van der Waals surface area contributed by atoms with Crippen LogP contribution >= 0.6 is 11.8 Å². The van der Waals surface area contributed by atoms with Crippen LogP contribution in [0.3, 0.4) is 0 Å². The number of hydrogen-bond acceptors (Lipinski definition) is 7. The molecule has 1 saturated heterocycles. The Labute approximate surface area is 189 Å². The standard InChI is InChI=1S/C22H25N5O4S/c1-13-10-27(11-14(2)31-13)16(28)12-32-20-17-19(25(3)22(30)26(4)21(17)29)23-18(24-20)15-8-6-5-7-9-15/h5-9,13-14H,10-12H2,1-4H3/t13-,14+. The van der Waals surface area contributed by atoms with Gasteiger partial charge >= 0.3 is 5.69 Å². The molecule has 0 radical (unpaired) electrons. The number of morpholine rings is 1. The molecule has 0 unspecified atom stereocenters. The normalized spacial score (nSPS) is 18.8. The van der Waals surface area contributed by atoms with Gasteiger partial charge < -0.3 is 9.64 Å². The quantitative estimate of drug-likeness (QED) is 0.433. The number of carbonyl (C=O) groups excluding carboxylic acids is 1. The van der Waals surface area contributed by atoms with Crippen molar-refractivity contribution in [1.82, 2.24) is 24.0 Å². The zero-order valence-electron chi connectivity index (χ0n) is 18.4. The maximum Gasteiger partial charge on any atom is 0.332 e. The van der Waals surface area contributed by atoms with Crippen molar-refractivity contribution in [2.24, 2.45) is 14.1 Å². The first-order valence-electron chi connectivity index (χ1n) is 10.4. The molecule has 10 heteroatoms. The molecule has 3 aromatic rings. The van der Waals surface area contributed by atoms with E-state index in [1.165, 1.54) is 23.4 Å². The molecule has 1 fully saturated rings. The molecule has 1 aliphatic rings. The summed E-state index contributed by atoms with van der Waals surface area (Å²) in [6, 6.07) is 9.33. The monoisotopic (exact) mass is 455 g/mol. The molecule has 2 atom stereocenters. The molecule has 0 bridgehead atoms. The number of rotatable bonds is 4. The van der Waals surface area contributed by atoms with E-state index < -0.39 is 11.2 Å². The maximum absolute atomic E-state index is 12.9. The summed E-state index contributed by atoms with van der Waals surface area (Å²) in [4.78, 5) is 49.2. The van der Waals surface area contributed by atoms with Gasteiger partial charge in [0, 0.05) is 32.7 Å². The molecule has 168 valence electrons. The van der Waals surface area contributed by atoms with Gasteiger partial charge in [-0.1, -0.05) is 42.1 Å². The van der Waals surface area contributed by atoms with Gasteiger partial charge in [-0.3, -0.25) is 18.7 Å². The van der Waals surface area contributed by atoms with Crippen molar-refractivity contribution in [2.45, 2.75) is 31.1 Å². The fourth-order valence-corrected chi connectivity index (χ4v) is 4.77. The number of fused-ring (bicyclic) bond motifs is 1. The first-order valence-corrected chi connectivity index (χ1v) is 11.3. The largest absolute Gasteiger partial charge is 0.372 e. The second-order valence-electron chi connectivity index (χ2n) is 7.97. The molecule has 1 aliphatic heterocycles. The van der Waals surface area contributed by atoms with Crippen molar-refractivity contribution in [3.63, 3.8) is 0 Å². The van der Waals surface area contributed by atoms with Gasteiger partial charge in [0.25, 0.3) is 5.56 Å². The average molecular weight is 456 g/mol. The van der Waals surface area contributed by atoms with Crippen molar-refractivity contribution in [1.29, 1.82) is 0 Å². The van der Waals surface area contributed by atoms with Crippen molar-refractivity contribution in [2.75, 3.05) is 18.8 Å². The lowest BCUT2D eigenvalue weighted by atomic mass is 10.2. The van der Waals surface area contributed by atoms with E-state index in [0.717, 1.165) is 10.1 Å². The van der Waals surface area contributed by atoms with Gasteiger partial charge in [0.1, 0.15) is 10.4 Å². The number of thioether (sulfide) groups is 1. The summed E-state index contributed by atoms with van der Waals surface area (Å²) in [7, 11) is 2.99. The Morgan fingerprint density at radius 2 is 1.72 bits per heavy atom. The van der Waals surface area contributed by atoms with Crippen LogP contribution in [0.2, 0.25) is 0 Å². The lowest BCUT2D eigenvalue weighted by Crippen LogP contribution is -2.48. The number of carbonyl (C=O) groups is 1. The van der Waals surface area contributed by atoms with E-state index in [1.807, 2.05) is 44.2 Å². The fraction of sp³-hybridized carbons (Fsp3) is 0.409. The van der Waals surface area contributed by atoms with Crippen LogP contribution in [0, 0.1) is 0 Å². The van der Waals surface area contributed by atoms with Crippen LogP contribution in [-0.2, 0) is 23.6 Å². The number of nitrogens with zero attached hydrogens (tertiary/aromatic N) is 5. The van der Waals surface area contributed by atoms with E-state index in [-0.39, 0.29) is 34.9 Å². The van der Waals surface area contributed by atoms with E-state index in [4.69, 9.17) is 4.74 Å². The molecule has 0 N–H and O–H groups in total. The predicted molar refractivity (Wildman–Crippen MR) is 123 cm³/mol. The highest BCUT2D eigenvalue weighted by Gasteiger charge is 2.26. The number of aryl methyl sites for hydroxylation is 1. The number of aromatic nitrogens is 4. The molecule has 0 spiro atoms. The minimum Gasteiger partial charge on any atom is -0.372 e. The van der Waals surface area contributed by atoms with Gasteiger partial charge in [-0.05, 0) is 13.8 Å². The second kappa shape index (κ2) is 8.87. The van der Waals surface area contributed by atoms with Crippen LogP contribution in [-0.4, -0.2) is 61.0 Å². The summed E-state index contributed by atoms with van der Waals surface area (Å²) in [5, 5.41) is 0.614. The Balaban J connectivity index is 1.76. The lowest BCUT2D eigenvalue weighted by molar-refractivity contribution is -0.140. The molecule has 3 heterocycles. The Bertz CT molecular complexity index is 1280. The van der Waals surface area contributed by atoms with Crippen molar-refractivity contribution in [3.8, 4) is 11.4 Å². The van der Waals surface area contributed by atoms with Crippen LogP contribution in [0.25, 0.3) is 22.4 Å². The molecular weight excluding hydrogens is 430 g/mol. The van der Waals surface area contributed by atoms with E-state index in [0.29, 0.717) is 23.9 Å². The Morgan fingerprint density at radius 3 is 2.38 bits per heavy atom. The van der Waals surface area contributed by atoms with Gasteiger partial charge in [-0.15, -0.1) is 0 Å². The highest BCUT2D eigenvalue weighted by Crippen LogP contribution is 2.26. The van der Waals surface area contributed by atoms with Crippen LogP contribution in [0.1, 0.15) is 13.8 Å². The van der Waals surface area contributed by atoms with Crippen molar-refractivity contribution in [3.05, 3.63) is 51.2 Å². The van der Waals surface area contributed by atoms with Gasteiger partial charge in [0.2, 0.25) is 5.91 Å². The summed E-state index contributed by atoms with van der Waals surface area (Å²) in [5.74, 6) is 0.461. The van der Waals surface area contributed by atoms with Gasteiger partial charge in [-0.25, -0.2) is 14.8 Å². The molecule has 1 aromatic carbocycles. The topological polar surface area (TPSA) is 99.3 Å². The molecular formula is C22H25N5O4S. The number of ether oxygens (including phenoxy) is 1. The maximum atomic E-state index is 12.9. The van der Waals surface area contributed by atoms with E-state index in [9.17, 15) is 14.4 Å². The zero-order chi connectivity index (χ0) is 23.0. The van der Waals surface area contributed by atoms with Crippen LogP contribution in [0.5, 0.6) is 0 Å². The smallest absolute Gasteiger partial charge is 0.332 e. The first kappa shape index (κ1) is 22.2. The summed E-state index contributed by atoms with van der Waals surface area (Å²) >= 11 is 1.19. The molecule has 0 saturated carbocycles. The lowest BCUT2D eigenvalue weighted by Gasteiger charge is -2.35. The SMILES string of the molecule is C[C@@H]1CN(C(=O)CSc2nc(-c3ccccc3)nc3c2c(=O)n(C)c(=O)n3C)C[C@H](C)O1. The van der Waals surface area contributed by atoms with E-state index in [1.54, 1.807) is 11.9 Å². The van der Waals surface area contributed by atoms with Crippen molar-refractivity contribution < 1.29 is 9.53 Å². The fourth-order valence-electron chi connectivity index (χ4n) is 3.85. The highest BCUT2D eigenvalue weighted by atomic mass is 32.2. The summed E-state index contributed by atoms with van der Waals surface area (Å²) in [6.07, 6.45) is -0.0573. The van der Waals surface area contributed by atoms with Gasteiger partial charge in [0.05, 0.1) is 18.0 Å². The third kappa shape index (κ3) is 4.20. The summed E-state index contributed by atoms with van der Waals surface area (Å²) in [6.45, 7) is 4.94. The zero-order valence-corrected chi connectivity index (χ0v) is 19.3. The first-order chi connectivity index (χ1) is 15.3. The minimum atomic E-state index is -0.480. The van der Waals surface area contributed by atoms with Gasteiger partial charge in [0.15, 0.2) is 11.5 Å². The van der Waals surface area contributed by atoms with E-state index in [2.05, 4.69) is 9.97 Å². The van der Waals surface area contributed by atoms with Crippen molar-refractivity contribution >= 4 is 28.7 Å². The highest BCUT2D eigenvalue weighted by molar-refractivity contribution is 8.00. The molecule has 9 nitrogen and oxygen atoms in total. The third-order valence-corrected chi connectivity index (χ3v) is 6.36. The van der Waals surface area contributed by atoms with Crippen LogP contribution in [0.4, 0.5) is 0 Å². The third-order valence-electron chi connectivity index (χ3n) is 5.40.